The first-order valence-corrected chi connectivity index (χ1v) is 5.83. The summed E-state index contributed by atoms with van der Waals surface area (Å²) >= 11 is 0. The maximum absolute atomic E-state index is 12.3. The van der Waals surface area contributed by atoms with E-state index in [1.165, 1.54) is 18.3 Å². The van der Waals surface area contributed by atoms with Crippen LogP contribution in [0.2, 0.25) is 0 Å². The van der Waals surface area contributed by atoms with Gasteiger partial charge in [0.05, 0.1) is 6.21 Å². The monoisotopic (exact) mass is 261 g/mol. The average molecular weight is 261 g/mol. The number of nitrogens with zero attached hydrogens (tertiary/aromatic N) is 1. The molecule has 0 heterocycles. The van der Waals surface area contributed by atoms with E-state index in [2.05, 4.69) is 5.16 Å². The molecule has 0 aliphatic heterocycles. The summed E-state index contributed by atoms with van der Waals surface area (Å²) in [4.78, 5) is 5.12. The maximum atomic E-state index is 12.3. The molecule has 2 nitrogen and oxygen atoms in total. The molecule has 0 aliphatic rings. The van der Waals surface area contributed by atoms with Crippen molar-refractivity contribution in [1.29, 1.82) is 0 Å². The van der Waals surface area contributed by atoms with Gasteiger partial charge >= 0.3 is 0 Å². The molecule has 0 amide bonds. The van der Waals surface area contributed by atoms with Gasteiger partial charge in [0.15, 0.2) is 0 Å². The normalized spacial score (nSPS) is 11.1. The van der Waals surface area contributed by atoms with Crippen molar-refractivity contribution in [1.82, 2.24) is 0 Å². The highest BCUT2D eigenvalue weighted by Gasteiger charge is 2.04. The lowest BCUT2D eigenvalue weighted by molar-refractivity contribution is 0.132. The summed E-state index contributed by atoms with van der Waals surface area (Å²) < 4.78 is 24.7. The second-order valence-electron chi connectivity index (χ2n) is 3.96. The summed E-state index contributed by atoms with van der Waals surface area (Å²) in [5, 5.41) is 3.80. The quantitative estimate of drug-likeness (QED) is 0.584. The van der Waals surface area contributed by atoms with Crippen molar-refractivity contribution < 1.29 is 13.6 Å². The lowest BCUT2D eigenvalue weighted by Crippen LogP contribution is -1.89. The number of hydrogen-bond acceptors (Lipinski definition) is 2. The van der Waals surface area contributed by atoms with Crippen LogP contribution in [0.3, 0.4) is 0 Å². The minimum absolute atomic E-state index is 0.00218. The molecule has 4 heteroatoms. The molecule has 0 saturated heterocycles. The Bertz CT molecular complexity index is 524. The Kier molecular flexibility index (Phi) is 4.61. The number of benzene rings is 2. The van der Waals surface area contributed by atoms with Gasteiger partial charge in [-0.1, -0.05) is 59.8 Å². The number of hydrogen-bond donors (Lipinski definition) is 0. The van der Waals surface area contributed by atoms with Gasteiger partial charge < -0.3 is 4.84 Å². The lowest BCUT2D eigenvalue weighted by Gasteiger charge is -2.00. The van der Waals surface area contributed by atoms with Crippen molar-refractivity contribution in [2.75, 3.05) is 0 Å². The first-order valence-electron chi connectivity index (χ1n) is 5.83. The molecule has 0 spiro atoms. The third kappa shape index (κ3) is 4.17. The number of rotatable bonds is 5. The molecule has 0 fully saturated rings. The Morgan fingerprint density at radius 3 is 2.32 bits per heavy atom. The Balaban J connectivity index is 1.85. The largest absolute Gasteiger partial charge is 0.391 e. The Labute approximate surface area is 110 Å². The molecular formula is C15H13F2NO. The van der Waals surface area contributed by atoms with Gasteiger partial charge in [0, 0.05) is 5.56 Å². The van der Waals surface area contributed by atoms with Crippen molar-refractivity contribution in [3.63, 3.8) is 0 Å². The van der Waals surface area contributed by atoms with Crippen molar-refractivity contribution in [3.8, 4) is 0 Å². The van der Waals surface area contributed by atoms with Crippen LogP contribution in [0.4, 0.5) is 8.78 Å². The molecule has 0 aromatic heterocycles. The molecule has 0 unspecified atom stereocenters. The summed E-state index contributed by atoms with van der Waals surface area (Å²) in [5.74, 6) is 0. The predicted octanol–water partition coefficient (Wildman–Crippen LogP) is 4.17. The molecule has 0 N–H and O–H groups in total. The average Bonchev–Trinajstić information content (AvgIpc) is 2.45. The first-order chi connectivity index (χ1) is 9.25. The standard InChI is InChI=1S/C15H13F2NO/c16-15(17)14-8-6-12(7-9-14)10-18-19-11-13-4-2-1-3-5-13/h1-10,15H,11H2. The number of halogens is 2. The van der Waals surface area contributed by atoms with E-state index < -0.39 is 6.43 Å². The van der Waals surface area contributed by atoms with Gasteiger partial charge in [-0.05, 0) is 11.1 Å². The molecule has 0 aliphatic carbocycles. The Morgan fingerprint density at radius 2 is 1.68 bits per heavy atom. The van der Waals surface area contributed by atoms with Crippen LogP contribution >= 0.6 is 0 Å². The lowest BCUT2D eigenvalue weighted by atomic mass is 10.1. The molecule has 2 rings (SSSR count). The molecule has 2 aromatic rings. The van der Waals surface area contributed by atoms with E-state index in [0.29, 0.717) is 6.61 Å². The zero-order chi connectivity index (χ0) is 13.5. The number of alkyl halides is 2. The summed E-state index contributed by atoms with van der Waals surface area (Å²) in [7, 11) is 0. The van der Waals surface area contributed by atoms with E-state index in [1.807, 2.05) is 30.3 Å². The fraction of sp³-hybridized carbons (Fsp3) is 0.133. The van der Waals surface area contributed by atoms with Crippen LogP contribution in [-0.4, -0.2) is 6.21 Å². The Hall–Kier alpha value is -2.23. The molecule has 0 saturated carbocycles. The second kappa shape index (κ2) is 6.64. The molecule has 0 radical (unpaired) electrons. The van der Waals surface area contributed by atoms with Crippen LogP contribution in [0.15, 0.2) is 59.8 Å². The van der Waals surface area contributed by atoms with Crippen molar-refractivity contribution in [2.24, 2.45) is 5.16 Å². The SMILES string of the molecule is FC(F)c1ccc(C=NOCc2ccccc2)cc1. The summed E-state index contributed by atoms with van der Waals surface area (Å²) in [5.41, 5.74) is 1.74. The second-order valence-corrected chi connectivity index (χ2v) is 3.96. The highest BCUT2D eigenvalue weighted by atomic mass is 19.3. The van der Waals surface area contributed by atoms with Gasteiger partial charge in [0.25, 0.3) is 6.43 Å². The molecule has 19 heavy (non-hydrogen) atoms. The summed E-state index contributed by atoms with van der Waals surface area (Å²) in [6.45, 7) is 0.381. The zero-order valence-electron chi connectivity index (χ0n) is 10.2. The van der Waals surface area contributed by atoms with Crippen LogP contribution in [0, 0.1) is 0 Å². The van der Waals surface area contributed by atoms with E-state index in [9.17, 15) is 8.78 Å². The van der Waals surface area contributed by atoms with Gasteiger partial charge in [-0.15, -0.1) is 0 Å². The fourth-order valence-corrected chi connectivity index (χ4v) is 1.51. The fourth-order valence-electron chi connectivity index (χ4n) is 1.51. The minimum Gasteiger partial charge on any atom is -0.391 e. The Morgan fingerprint density at radius 1 is 1.00 bits per heavy atom. The van der Waals surface area contributed by atoms with Crippen LogP contribution in [0.25, 0.3) is 0 Å². The number of oxime groups is 1. The van der Waals surface area contributed by atoms with Crippen LogP contribution in [-0.2, 0) is 11.4 Å². The third-order valence-electron chi connectivity index (χ3n) is 2.54. The van der Waals surface area contributed by atoms with E-state index >= 15 is 0 Å². The zero-order valence-corrected chi connectivity index (χ0v) is 10.2. The highest BCUT2D eigenvalue weighted by molar-refractivity contribution is 5.79. The van der Waals surface area contributed by atoms with Crippen LogP contribution in [0.1, 0.15) is 23.1 Å². The summed E-state index contributed by atoms with van der Waals surface area (Å²) in [6.07, 6.45) is -0.946. The topological polar surface area (TPSA) is 21.6 Å². The van der Waals surface area contributed by atoms with Gasteiger partial charge in [-0.25, -0.2) is 8.78 Å². The molecule has 98 valence electrons. The highest BCUT2D eigenvalue weighted by Crippen LogP contribution is 2.18. The van der Waals surface area contributed by atoms with Crippen molar-refractivity contribution >= 4 is 6.21 Å². The molecule has 2 aromatic carbocycles. The molecule has 0 bridgehead atoms. The van der Waals surface area contributed by atoms with E-state index in [4.69, 9.17) is 4.84 Å². The van der Waals surface area contributed by atoms with Crippen LogP contribution < -0.4 is 0 Å². The van der Waals surface area contributed by atoms with Gasteiger partial charge in [-0.3, -0.25) is 0 Å². The third-order valence-corrected chi connectivity index (χ3v) is 2.54. The van der Waals surface area contributed by atoms with E-state index in [-0.39, 0.29) is 5.56 Å². The van der Waals surface area contributed by atoms with Gasteiger partial charge in [0.1, 0.15) is 6.61 Å². The maximum Gasteiger partial charge on any atom is 0.263 e. The first kappa shape index (κ1) is 13.2. The van der Waals surface area contributed by atoms with Crippen molar-refractivity contribution in [3.05, 3.63) is 71.3 Å². The van der Waals surface area contributed by atoms with Gasteiger partial charge in [0.2, 0.25) is 0 Å². The minimum atomic E-state index is -2.44. The smallest absolute Gasteiger partial charge is 0.263 e. The predicted molar refractivity (Wildman–Crippen MR) is 70.2 cm³/mol. The van der Waals surface area contributed by atoms with Gasteiger partial charge in [-0.2, -0.15) is 0 Å². The molecule has 0 atom stereocenters. The molecular weight excluding hydrogens is 248 g/mol. The van der Waals surface area contributed by atoms with E-state index in [0.717, 1.165) is 11.1 Å². The van der Waals surface area contributed by atoms with E-state index in [1.54, 1.807) is 12.1 Å². The van der Waals surface area contributed by atoms with Crippen molar-refractivity contribution in [2.45, 2.75) is 13.0 Å². The summed E-state index contributed by atoms with van der Waals surface area (Å²) in [6, 6.07) is 15.6. The van der Waals surface area contributed by atoms with Crippen LogP contribution in [0.5, 0.6) is 0 Å².